The van der Waals surface area contributed by atoms with Crippen molar-refractivity contribution < 1.29 is 23.3 Å². The summed E-state index contributed by atoms with van der Waals surface area (Å²) in [6.07, 6.45) is 3.96. The van der Waals surface area contributed by atoms with Crippen molar-refractivity contribution >= 4 is 22.6 Å². The molecule has 0 atom stereocenters. The van der Waals surface area contributed by atoms with Crippen molar-refractivity contribution in [3.05, 3.63) is 47.3 Å². The number of piperidine rings is 1. The maximum atomic E-state index is 13.3. The van der Waals surface area contributed by atoms with Gasteiger partial charge < -0.3 is 28.7 Å². The quantitative estimate of drug-likeness (QED) is 0.373. The molecule has 0 N–H and O–H groups in total. The zero-order chi connectivity index (χ0) is 26.2. The molecule has 7 nitrogen and oxygen atoms in total. The summed E-state index contributed by atoms with van der Waals surface area (Å²) >= 11 is 1.75. The van der Waals surface area contributed by atoms with E-state index in [4.69, 9.17) is 23.9 Å². The first-order valence-electron chi connectivity index (χ1n) is 12.8. The third-order valence-electron chi connectivity index (χ3n) is 7.04. The van der Waals surface area contributed by atoms with Crippen molar-refractivity contribution in [1.29, 1.82) is 0 Å². The fourth-order valence-electron chi connectivity index (χ4n) is 4.94. The van der Waals surface area contributed by atoms with Gasteiger partial charge in [0.2, 0.25) is 5.75 Å². The summed E-state index contributed by atoms with van der Waals surface area (Å²) in [5, 5.41) is 1.02. The van der Waals surface area contributed by atoms with Crippen LogP contribution in [0.4, 0.5) is 10.1 Å². The van der Waals surface area contributed by atoms with Crippen LogP contribution in [0.15, 0.2) is 35.3 Å². The predicted molar refractivity (Wildman–Crippen MR) is 147 cm³/mol. The highest BCUT2D eigenvalue weighted by Crippen LogP contribution is 2.49. The van der Waals surface area contributed by atoms with E-state index in [0.717, 1.165) is 79.7 Å². The second-order valence-electron chi connectivity index (χ2n) is 9.37. The molecule has 1 fully saturated rings. The fourth-order valence-corrected chi connectivity index (χ4v) is 5.95. The van der Waals surface area contributed by atoms with Crippen LogP contribution in [-0.2, 0) is 16.9 Å². The fraction of sp³-hybridized carbons (Fsp3) is 0.536. The molecule has 0 amide bonds. The molecule has 0 radical (unpaired) electrons. The molecular formula is C28H38FN3O4S. The Morgan fingerprint density at radius 3 is 2.54 bits per heavy atom. The Kier molecular flexibility index (Phi) is 9.94. The largest absolute Gasteiger partial charge is 0.493 e. The Labute approximate surface area is 223 Å². The van der Waals surface area contributed by atoms with Crippen LogP contribution in [0.3, 0.4) is 0 Å². The second kappa shape index (κ2) is 13.3. The molecule has 2 aliphatic rings. The van der Waals surface area contributed by atoms with E-state index >= 15 is 0 Å². The number of rotatable bonds is 11. The van der Waals surface area contributed by atoms with E-state index in [2.05, 4.69) is 16.8 Å². The van der Waals surface area contributed by atoms with E-state index in [1.807, 2.05) is 12.1 Å². The van der Waals surface area contributed by atoms with E-state index in [-0.39, 0.29) is 5.82 Å². The first kappa shape index (κ1) is 27.5. The topological polar surface area (TPSA) is 55.8 Å². The molecule has 0 aliphatic carbocycles. The highest BCUT2D eigenvalue weighted by Gasteiger charge is 2.29. The van der Waals surface area contributed by atoms with Crippen molar-refractivity contribution in [1.82, 2.24) is 9.80 Å². The third kappa shape index (κ3) is 6.89. The molecule has 0 bridgehead atoms. The molecule has 0 spiro atoms. The van der Waals surface area contributed by atoms with Gasteiger partial charge in [-0.15, -0.1) is 0 Å². The molecule has 2 aromatic rings. The van der Waals surface area contributed by atoms with Gasteiger partial charge in [-0.3, -0.25) is 0 Å². The number of likely N-dealkylation sites (tertiary alicyclic amines) is 1. The molecule has 9 heteroatoms. The number of ether oxygens (including phenoxy) is 4. The monoisotopic (exact) mass is 531 g/mol. The zero-order valence-electron chi connectivity index (χ0n) is 22.3. The smallest absolute Gasteiger partial charge is 0.205 e. The number of halogens is 1. The number of amidine groups is 1. The summed E-state index contributed by atoms with van der Waals surface area (Å²) in [5.41, 5.74) is 2.90. The molecule has 2 heterocycles. The van der Waals surface area contributed by atoms with Gasteiger partial charge in [-0.05, 0) is 55.0 Å². The number of hydrogen-bond donors (Lipinski definition) is 0. The van der Waals surface area contributed by atoms with Crippen molar-refractivity contribution in [3.63, 3.8) is 0 Å². The predicted octanol–water partition coefficient (Wildman–Crippen LogP) is 5.13. The van der Waals surface area contributed by atoms with E-state index in [0.29, 0.717) is 29.9 Å². The van der Waals surface area contributed by atoms with Gasteiger partial charge in [-0.1, -0.05) is 23.9 Å². The summed E-state index contributed by atoms with van der Waals surface area (Å²) in [6.45, 7) is 4.54. The van der Waals surface area contributed by atoms with Crippen LogP contribution in [-0.4, -0.2) is 82.2 Å². The molecule has 0 aromatic heterocycles. The van der Waals surface area contributed by atoms with Gasteiger partial charge in [0.1, 0.15) is 11.5 Å². The number of aliphatic imine (C=N–C) groups is 1. The van der Waals surface area contributed by atoms with Crippen LogP contribution in [0.25, 0.3) is 0 Å². The number of thioether (sulfide) groups is 1. The molecular weight excluding hydrogens is 493 g/mol. The van der Waals surface area contributed by atoms with Gasteiger partial charge in [0.15, 0.2) is 16.7 Å². The maximum Gasteiger partial charge on any atom is 0.205 e. The molecule has 2 aliphatic heterocycles. The van der Waals surface area contributed by atoms with Gasteiger partial charge in [-0.2, -0.15) is 0 Å². The lowest BCUT2D eigenvalue weighted by Crippen LogP contribution is -2.45. The van der Waals surface area contributed by atoms with E-state index < -0.39 is 0 Å². The number of nitrogens with zero attached hydrogens (tertiary/aromatic N) is 3. The minimum absolute atomic E-state index is 0.189. The molecule has 2 aromatic carbocycles. The van der Waals surface area contributed by atoms with E-state index in [9.17, 15) is 4.39 Å². The summed E-state index contributed by atoms with van der Waals surface area (Å²) in [4.78, 5) is 9.84. The number of hydrogen-bond acceptors (Lipinski definition) is 8. The maximum absolute atomic E-state index is 13.3. The summed E-state index contributed by atoms with van der Waals surface area (Å²) < 4.78 is 35.8. The zero-order valence-corrected chi connectivity index (χ0v) is 23.1. The average molecular weight is 532 g/mol. The van der Waals surface area contributed by atoms with Crippen molar-refractivity contribution in [2.45, 2.75) is 37.5 Å². The molecule has 37 heavy (non-hydrogen) atoms. The Balaban J connectivity index is 1.23. The van der Waals surface area contributed by atoms with E-state index in [1.165, 1.54) is 6.07 Å². The van der Waals surface area contributed by atoms with Gasteiger partial charge in [0.05, 0.1) is 27.9 Å². The Hall–Kier alpha value is -2.49. The molecule has 0 unspecified atom stereocenters. The molecule has 202 valence electrons. The van der Waals surface area contributed by atoms with Crippen LogP contribution in [0.2, 0.25) is 0 Å². The van der Waals surface area contributed by atoms with Crippen LogP contribution >= 0.6 is 11.8 Å². The number of methoxy groups -OCH3 is 3. The number of fused-ring (bicyclic) bond motifs is 1. The summed E-state index contributed by atoms with van der Waals surface area (Å²) in [5.74, 6) is 2.48. The molecule has 0 saturated carbocycles. The lowest BCUT2D eigenvalue weighted by atomic mass is 10.0. The Morgan fingerprint density at radius 1 is 1.05 bits per heavy atom. The SMILES string of the molecule is COc1cc2c(c(OC)c1OC)N=C(N(C)C1CCN(CCCOCCc3cccc(F)c3)CC1)SC2. The number of benzene rings is 2. The summed E-state index contributed by atoms with van der Waals surface area (Å²) in [6, 6.07) is 9.18. The first-order chi connectivity index (χ1) is 18.0. The Bertz CT molecular complexity index is 1080. The van der Waals surface area contributed by atoms with Crippen LogP contribution in [0.1, 0.15) is 30.4 Å². The van der Waals surface area contributed by atoms with Crippen LogP contribution in [0.5, 0.6) is 17.2 Å². The van der Waals surface area contributed by atoms with Crippen molar-refractivity contribution in [2.24, 2.45) is 4.99 Å². The minimum Gasteiger partial charge on any atom is -0.493 e. The minimum atomic E-state index is -0.189. The standard InChI is InChI=1S/C28H38FN3O4S/c1-31(28-30-25-21(19-37-28)18-24(33-2)26(34-3)27(25)35-4)23-9-13-32(14-10-23)12-6-15-36-16-11-20-7-5-8-22(29)17-20/h5,7-8,17-18,23H,6,9-16,19H2,1-4H3. The molecule has 1 saturated heterocycles. The lowest BCUT2D eigenvalue weighted by molar-refractivity contribution is 0.111. The van der Waals surface area contributed by atoms with Crippen molar-refractivity contribution in [2.75, 3.05) is 61.2 Å². The van der Waals surface area contributed by atoms with Gasteiger partial charge in [-0.25, -0.2) is 9.38 Å². The highest BCUT2D eigenvalue weighted by molar-refractivity contribution is 8.13. The highest BCUT2D eigenvalue weighted by atomic mass is 32.2. The lowest BCUT2D eigenvalue weighted by Gasteiger charge is -2.38. The van der Waals surface area contributed by atoms with Crippen LogP contribution < -0.4 is 14.2 Å². The normalized spacial score (nSPS) is 16.2. The van der Waals surface area contributed by atoms with Gasteiger partial charge >= 0.3 is 0 Å². The van der Waals surface area contributed by atoms with E-state index in [1.54, 1.807) is 45.2 Å². The summed E-state index contributed by atoms with van der Waals surface area (Å²) in [7, 11) is 7.05. The Morgan fingerprint density at radius 2 is 1.84 bits per heavy atom. The molecule has 4 rings (SSSR count). The second-order valence-corrected chi connectivity index (χ2v) is 10.3. The van der Waals surface area contributed by atoms with Gasteiger partial charge in [0.25, 0.3) is 0 Å². The van der Waals surface area contributed by atoms with Crippen molar-refractivity contribution in [3.8, 4) is 17.2 Å². The third-order valence-corrected chi connectivity index (χ3v) is 8.13. The first-order valence-corrected chi connectivity index (χ1v) is 13.8. The average Bonchev–Trinajstić information content (AvgIpc) is 2.93. The van der Waals surface area contributed by atoms with Crippen LogP contribution in [0, 0.1) is 5.82 Å². The van der Waals surface area contributed by atoms with Gasteiger partial charge in [0, 0.05) is 45.1 Å².